The Morgan fingerprint density at radius 3 is 2.61 bits per heavy atom. The average Bonchev–Trinajstić information content (AvgIpc) is 3.59. The van der Waals surface area contributed by atoms with Crippen molar-refractivity contribution in [3.05, 3.63) is 35.6 Å². The fraction of sp³-hybridized carbons (Fsp3) is 0.417. The average molecular weight is 684 g/mol. The first kappa shape index (κ1) is 34.1. The van der Waals surface area contributed by atoms with Crippen LogP contribution in [0.25, 0.3) is 11.3 Å². The number of amides is 2. The molecule has 1 aliphatic rings. The molecule has 22 heteroatoms. The van der Waals surface area contributed by atoms with Gasteiger partial charge in [-0.25, -0.2) is 9.78 Å². The van der Waals surface area contributed by atoms with Crippen molar-refractivity contribution in [1.29, 1.82) is 0 Å². The summed E-state index contributed by atoms with van der Waals surface area (Å²) in [5.41, 5.74) is 10.5. The van der Waals surface area contributed by atoms with E-state index in [2.05, 4.69) is 29.9 Å². The van der Waals surface area contributed by atoms with Gasteiger partial charge in [-0.15, -0.1) is 30.5 Å². The molecule has 1 unspecified atom stereocenters. The van der Waals surface area contributed by atoms with Crippen molar-refractivity contribution < 1.29 is 51.0 Å². The number of nitrogen functional groups attached to an aromatic ring is 1. The van der Waals surface area contributed by atoms with Gasteiger partial charge in [0, 0.05) is 11.4 Å². The molecule has 4 rings (SSSR count). The van der Waals surface area contributed by atoms with Crippen LogP contribution in [-0.2, 0) is 47.5 Å². The van der Waals surface area contributed by atoms with E-state index in [9.17, 15) is 27.9 Å². The van der Waals surface area contributed by atoms with Gasteiger partial charge in [0.25, 0.3) is 17.9 Å². The van der Waals surface area contributed by atoms with Crippen LogP contribution < -0.4 is 26.2 Å². The number of hydrogen-bond donors (Lipinski definition) is 5. The molecule has 3 aromatic rings. The zero-order valence-electron chi connectivity index (χ0n) is 24.6. The molecule has 3 aromatic heterocycles. The summed E-state index contributed by atoms with van der Waals surface area (Å²) in [5.74, 6) is -3.55. The van der Waals surface area contributed by atoms with Crippen LogP contribution in [0.15, 0.2) is 35.1 Å². The first-order valence-electron chi connectivity index (χ1n) is 13.3. The predicted molar refractivity (Wildman–Crippen MR) is 157 cm³/mol. The number of oxime groups is 1. The second-order valence-electron chi connectivity index (χ2n) is 10.3. The Morgan fingerprint density at radius 1 is 1.30 bits per heavy atom. The van der Waals surface area contributed by atoms with E-state index in [0.717, 1.165) is 29.9 Å². The van der Waals surface area contributed by atoms with Gasteiger partial charge in [-0.1, -0.05) is 5.16 Å². The summed E-state index contributed by atoms with van der Waals surface area (Å²) in [6.07, 6.45) is 2.81. The van der Waals surface area contributed by atoms with E-state index < -0.39 is 58.2 Å². The molecule has 7 N–H and O–H groups in total. The van der Waals surface area contributed by atoms with Crippen LogP contribution >= 0.6 is 11.3 Å². The fourth-order valence-electron chi connectivity index (χ4n) is 4.16. The summed E-state index contributed by atoms with van der Waals surface area (Å²) in [4.78, 5) is 46.7. The van der Waals surface area contributed by atoms with Gasteiger partial charge in [0.1, 0.15) is 24.0 Å². The molecule has 0 bridgehead atoms. The van der Waals surface area contributed by atoms with Crippen molar-refractivity contribution >= 4 is 50.4 Å². The minimum Gasteiger partial charge on any atom is -0.478 e. The van der Waals surface area contributed by atoms with Crippen LogP contribution in [0.4, 0.5) is 5.13 Å². The highest BCUT2D eigenvalue weighted by atomic mass is 32.3. The van der Waals surface area contributed by atoms with E-state index in [1.165, 1.54) is 25.3 Å². The number of hydroxylamine groups is 2. The number of rotatable bonds is 15. The highest BCUT2D eigenvalue weighted by molar-refractivity contribution is 7.80. The molecular formula is C24H31N10O10S2+. The first-order chi connectivity index (χ1) is 21.6. The van der Waals surface area contributed by atoms with Gasteiger partial charge >= 0.3 is 16.4 Å². The van der Waals surface area contributed by atoms with Crippen molar-refractivity contribution in [1.82, 2.24) is 30.2 Å². The summed E-state index contributed by atoms with van der Waals surface area (Å²) < 4.78 is 44.7. The van der Waals surface area contributed by atoms with Crippen molar-refractivity contribution in [3.63, 3.8) is 0 Å². The highest BCUT2D eigenvalue weighted by Gasteiger charge is 2.58. The maximum absolute atomic E-state index is 13.2. The Kier molecular flexibility index (Phi) is 10.2. The zero-order chi connectivity index (χ0) is 33.8. The smallest absolute Gasteiger partial charge is 0.418 e. The minimum absolute atomic E-state index is 0.0119. The monoisotopic (exact) mass is 683 g/mol. The second-order valence-corrected chi connectivity index (χ2v) is 12.2. The molecule has 2 amide bonds. The number of carboxylic acids is 1. The molecule has 20 nitrogen and oxygen atoms in total. The molecule has 0 radical (unpaired) electrons. The molecule has 248 valence electrons. The predicted octanol–water partition coefficient (Wildman–Crippen LogP) is -1.75. The number of hydrogen-bond acceptors (Lipinski definition) is 15. The van der Waals surface area contributed by atoms with Crippen molar-refractivity contribution in [3.8, 4) is 17.1 Å². The number of carbonyl (C=O) groups excluding carboxylic acids is 2. The molecule has 1 aliphatic heterocycles. The topological polar surface area (TPSA) is 281 Å². The third-order valence-corrected chi connectivity index (χ3v) is 7.59. The van der Waals surface area contributed by atoms with E-state index in [1.54, 1.807) is 6.07 Å². The number of nitrogens with zero attached hydrogens (tertiary/aromatic N) is 7. The fourth-order valence-corrected chi connectivity index (χ4v) is 5.17. The second kappa shape index (κ2) is 13.7. The molecule has 0 aromatic carbocycles. The number of aliphatic carboxylic acids is 1. The standard InChI is InChI=1S/C24H30N10O10S2/c1-24(2)19(21(36)34(24)44-46(39,40)41)28-20(35)18(15-12-45-23(26)27-15)31-43-16(22(37)38)11-42-17-6-5-14(29-30-17)13-9-32(3)33(10-13)8-4-7-25/h5-6,9-10,12,16,19H,4,7-8,11,25H2,1-3H3,(H4-,26,27,28,35,37,38,39,40,41)/p+1/b31-18-/t16?,19-/m1/s1. The van der Waals surface area contributed by atoms with E-state index in [-0.39, 0.29) is 16.7 Å². The normalized spacial score (nSPS) is 16.9. The molecule has 0 aliphatic carbocycles. The number of aryl methyl sites for hydroxylation is 2. The van der Waals surface area contributed by atoms with Gasteiger partial charge in [0.15, 0.2) is 17.9 Å². The Balaban J connectivity index is 1.44. The molecule has 1 fully saturated rings. The highest BCUT2D eigenvalue weighted by Crippen LogP contribution is 2.33. The van der Waals surface area contributed by atoms with Gasteiger partial charge in [0.2, 0.25) is 12.1 Å². The van der Waals surface area contributed by atoms with E-state index >= 15 is 0 Å². The van der Waals surface area contributed by atoms with Crippen molar-refractivity contribution in [2.24, 2.45) is 17.9 Å². The summed E-state index contributed by atoms with van der Waals surface area (Å²) in [5, 5.41) is 25.6. The molecule has 1 saturated heterocycles. The van der Waals surface area contributed by atoms with Crippen LogP contribution in [0, 0.1) is 0 Å². The Bertz CT molecular complexity index is 1740. The molecule has 46 heavy (non-hydrogen) atoms. The van der Waals surface area contributed by atoms with E-state index in [1.807, 2.05) is 28.8 Å². The van der Waals surface area contributed by atoms with Gasteiger partial charge in [-0.3, -0.25) is 14.1 Å². The Morgan fingerprint density at radius 2 is 2.04 bits per heavy atom. The van der Waals surface area contributed by atoms with Crippen LogP contribution in [0.1, 0.15) is 26.0 Å². The van der Waals surface area contributed by atoms with Gasteiger partial charge in [0.05, 0.1) is 23.8 Å². The van der Waals surface area contributed by atoms with Gasteiger partial charge in [-0.2, -0.15) is 18.2 Å². The number of nitrogens with two attached hydrogens (primary N) is 2. The number of aromatic nitrogens is 5. The number of nitrogens with one attached hydrogen (secondary N) is 1. The molecular weight excluding hydrogens is 652 g/mol. The number of carbonyl (C=O) groups is 3. The van der Waals surface area contributed by atoms with Crippen LogP contribution in [-0.4, -0.2) is 97.3 Å². The summed E-state index contributed by atoms with van der Waals surface area (Å²) in [7, 11) is -3.15. The lowest BCUT2D eigenvalue weighted by molar-refractivity contribution is -0.753. The minimum atomic E-state index is -5.02. The first-order valence-corrected chi connectivity index (χ1v) is 15.6. The number of carboxylic acid groups (broad SMARTS) is 1. The Hall–Kier alpha value is -4.77. The van der Waals surface area contributed by atoms with E-state index in [4.69, 9.17) is 25.6 Å². The number of ether oxygens (including phenoxy) is 1. The third kappa shape index (κ3) is 7.89. The lowest BCUT2D eigenvalue weighted by atomic mass is 9.84. The molecule has 4 heterocycles. The van der Waals surface area contributed by atoms with Gasteiger partial charge in [-0.05, 0) is 32.9 Å². The zero-order valence-corrected chi connectivity index (χ0v) is 26.3. The summed E-state index contributed by atoms with van der Waals surface area (Å²) in [6.45, 7) is 3.38. The van der Waals surface area contributed by atoms with Crippen molar-refractivity contribution in [2.75, 3.05) is 18.9 Å². The van der Waals surface area contributed by atoms with Gasteiger partial charge < -0.3 is 31.5 Å². The largest absolute Gasteiger partial charge is 0.478 e. The lowest BCUT2D eigenvalue weighted by Crippen LogP contribution is -2.76. The lowest BCUT2D eigenvalue weighted by Gasteiger charge is -2.50. The van der Waals surface area contributed by atoms with Crippen LogP contribution in [0.3, 0.4) is 0 Å². The SMILES string of the molecule is C[n+]1cc(-c2ccc(OCC(O/N=C(\C(=O)N[C@@H]3C(=O)N(OS(=O)(=O)O)C3(C)C)c3csc(N)n3)C(=O)O)nn2)cn1CCCN. The van der Waals surface area contributed by atoms with E-state index in [0.29, 0.717) is 17.3 Å². The van der Waals surface area contributed by atoms with Crippen LogP contribution in [0.2, 0.25) is 0 Å². The summed E-state index contributed by atoms with van der Waals surface area (Å²) >= 11 is 0.946. The summed E-state index contributed by atoms with van der Waals surface area (Å²) in [6, 6.07) is 1.79. The Labute approximate surface area is 265 Å². The number of anilines is 1. The maximum Gasteiger partial charge on any atom is 0.418 e. The number of thiazole rings is 1. The molecule has 0 saturated carbocycles. The van der Waals surface area contributed by atoms with Crippen molar-refractivity contribution in [2.45, 2.75) is 44.5 Å². The molecule has 2 atom stereocenters. The maximum atomic E-state index is 13.2. The van der Waals surface area contributed by atoms with Crippen LogP contribution in [0.5, 0.6) is 5.88 Å². The third-order valence-electron chi connectivity index (χ3n) is 6.58. The quantitative estimate of drug-likeness (QED) is 0.0390. The molecule has 0 spiro atoms. The number of β-lactam (4-membered cyclic amide) rings is 1.